The molecule has 0 fully saturated rings. The molecule has 0 unspecified atom stereocenters. The predicted molar refractivity (Wildman–Crippen MR) is 98.5 cm³/mol. The van der Waals surface area contributed by atoms with Crippen molar-refractivity contribution in [3.8, 4) is 0 Å². The molecule has 0 aliphatic heterocycles. The fourth-order valence-corrected chi connectivity index (χ4v) is 2.80. The van der Waals surface area contributed by atoms with Crippen molar-refractivity contribution in [2.45, 2.75) is 6.42 Å². The number of fused-ring (bicyclic) bond motifs is 1. The van der Waals surface area contributed by atoms with Crippen LogP contribution in [0.15, 0.2) is 66.9 Å². The maximum absolute atomic E-state index is 13.0. The minimum absolute atomic E-state index is 0.212. The minimum Gasteiger partial charge on any atom is -0.277 e. The second kappa shape index (κ2) is 6.69. The summed E-state index contributed by atoms with van der Waals surface area (Å²) < 4.78 is 13.0. The third-order valence-corrected chi connectivity index (χ3v) is 4.08. The van der Waals surface area contributed by atoms with Crippen molar-refractivity contribution in [3.63, 3.8) is 0 Å². The van der Waals surface area contributed by atoms with Crippen LogP contribution in [0.1, 0.15) is 22.5 Å². The molecule has 0 radical (unpaired) electrons. The van der Waals surface area contributed by atoms with E-state index in [0.717, 1.165) is 39.8 Å². The Morgan fingerprint density at radius 1 is 0.920 bits per heavy atom. The van der Waals surface area contributed by atoms with E-state index >= 15 is 0 Å². The molecule has 0 saturated heterocycles. The van der Waals surface area contributed by atoms with Crippen LogP contribution in [0.5, 0.6) is 0 Å². The van der Waals surface area contributed by atoms with Gasteiger partial charge in [0.2, 0.25) is 0 Å². The van der Waals surface area contributed by atoms with Crippen LogP contribution >= 0.6 is 0 Å². The highest BCUT2D eigenvalue weighted by Gasteiger charge is 2.05. The van der Waals surface area contributed by atoms with Gasteiger partial charge in [-0.15, -0.1) is 0 Å². The van der Waals surface area contributed by atoms with Gasteiger partial charge < -0.3 is 0 Å². The van der Waals surface area contributed by atoms with Crippen molar-refractivity contribution >= 4 is 23.1 Å². The van der Waals surface area contributed by atoms with Crippen molar-refractivity contribution in [2.75, 3.05) is 0 Å². The molecule has 3 nitrogen and oxygen atoms in total. The van der Waals surface area contributed by atoms with Gasteiger partial charge in [0.15, 0.2) is 0 Å². The van der Waals surface area contributed by atoms with E-state index in [1.807, 2.05) is 48.6 Å². The number of halogens is 1. The molecule has 4 aromatic rings. The summed E-state index contributed by atoms with van der Waals surface area (Å²) in [5.41, 5.74) is 4.99. The van der Waals surface area contributed by atoms with Crippen LogP contribution in [0.25, 0.3) is 23.1 Å². The number of nitrogens with zero attached hydrogens (tertiary/aromatic N) is 2. The summed E-state index contributed by atoms with van der Waals surface area (Å²) in [5.74, 6) is -0.212. The molecule has 0 atom stereocenters. The summed E-state index contributed by atoms with van der Waals surface area (Å²) in [6, 6.07) is 18.6. The first kappa shape index (κ1) is 15.3. The Labute approximate surface area is 144 Å². The van der Waals surface area contributed by atoms with E-state index in [4.69, 9.17) is 0 Å². The van der Waals surface area contributed by atoms with Gasteiger partial charge in [-0.1, -0.05) is 24.3 Å². The van der Waals surface area contributed by atoms with Crippen LogP contribution < -0.4 is 0 Å². The lowest BCUT2D eigenvalue weighted by Gasteiger charge is -2.02. The molecule has 0 spiro atoms. The third kappa shape index (κ3) is 3.48. The van der Waals surface area contributed by atoms with Gasteiger partial charge in [-0.2, -0.15) is 5.10 Å². The van der Waals surface area contributed by atoms with Crippen molar-refractivity contribution in [1.82, 2.24) is 15.2 Å². The van der Waals surface area contributed by atoms with E-state index in [-0.39, 0.29) is 5.82 Å². The molecule has 0 amide bonds. The molecule has 0 aliphatic carbocycles. The number of aromatic nitrogens is 3. The summed E-state index contributed by atoms with van der Waals surface area (Å²) in [7, 11) is 0. The lowest BCUT2D eigenvalue weighted by molar-refractivity contribution is 0.627. The molecule has 4 rings (SSSR count). The molecular formula is C21H16FN3. The first-order valence-electron chi connectivity index (χ1n) is 8.08. The SMILES string of the molecule is Fc1ccc(Cc2ccc3[nH]nc(C=Cc4ccccn4)c3c2)cc1. The quantitative estimate of drug-likeness (QED) is 0.581. The number of pyridine rings is 1. The molecule has 2 heterocycles. The summed E-state index contributed by atoms with van der Waals surface area (Å²) in [6.45, 7) is 0. The van der Waals surface area contributed by atoms with Crippen LogP contribution in [-0.2, 0) is 6.42 Å². The number of rotatable bonds is 4. The highest BCUT2D eigenvalue weighted by Crippen LogP contribution is 2.21. The van der Waals surface area contributed by atoms with Crippen molar-refractivity contribution in [2.24, 2.45) is 0 Å². The standard InChI is InChI=1S/C21H16FN3/c22-17-7-4-15(5-8-17)13-16-6-10-20-19(14-16)21(25-24-20)11-9-18-3-1-2-12-23-18/h1-12,14H,13H2,(H,24,25). The fraction of sp³-hybridized carbons (Fsp3) is 0.0476. The van der Waals surface area contributed by atoms with Gasteiger partial charge in [0, 0.05) is 11.6 Å². The topological polar surface area (TPSA) is 41.6 Å². The molecule has 0 saturated carbocycles. The van der Waals surface area contributed by atoms with Gasteiger partial charge in [0.05, 0.1) is 16.9 Å². The molecule has 0 bridgehead atoms. The maximum atomic E-state index is 13.0. The van der Waals surface area contributed by atoms with E-state index in [0.29, 0.717) is 0 Å². The normalized spacial score (nSPS) is 11.4. The summed E-state index contributed by atoms with van der Waals surface area (Å²) in [6.07, 6.45) is 6.43. The number of hydrogen-bond donors (Lipinski definition) is 1. The Balaban J connectivity index is 1.63. The second-order valence-electron chi connectivity index (χ2n) is 5.88. The molecule has 0 aliphatic rings. The van der Waals surface area contributed by atoms with E-state index in [9.17, 15) is 4.39 Å². The first-order valence-corrected chi connectivity index (χ1v) is 8.08. The highest BCUT2D eigenvalue weighted by molar-refractivity contribution is 5.89. The average molecular weight is 329 g/mol. The van der Waals surface area contributed by atoms with Gasteiger partial charge in [-0.05, 0) is 66.1 Å². The van der Waals surface area contributed by atoms with E-state index < -0.39 is 0 Å². The van der Waals surface area contributed by atoms with Crippen molar-refractivity contribution < 1.29 is 4.39 Å². The zero-order chi connectivity index (χ0) is 17.1. The number of benzene rings is 2. The predicted octanol–water partition coefficient (Wildman–Crippen LogP) is 4.86. The number of H-pyrrole nitrogens is 1. The molecule has 2 aromatic heterocycles. The zero-order valence-electron chi connectivity index (χ0n) is 13.5. The Hall–Kier alpha value is -3.27. The Morgan fingerprint density at radius 3 is 2.56 bits per heavy atom. The smallest absolute Gasteiger partial charge is 0.123 e. The maximum Gasteiger partial charge on any atom is 0.123 e. The molecule has 1 N–H and O–H groups in total. The van der Waals surface area contributed by atoms with E-state index in [2.05, 4.69) is 27.3 Å². The molecule has 122 valence electrons. The van der Waals surface area contributed by atoms with Gasteiger partial charge >= 0.3 is 0 Å². The van der Waals surface area contributed by atoms with Crippen molar-refractivity contribution in [3.05, 3.63) is 95.2 Å². The number of hydrogen-bond acceptors (Lipinski definition) is 2. The van der Waals surface area contributed by atoms with Crippen molar-refractivity contribution in [1.29, 1.82) is 0 Å². The van der Waals surface area contributed by atoms with E-state index in [1.165, 1.54) is 12.1 Å². The van der Waals surface area contributed by atoms with Gasteiger partial charge in [0.25, 0.3) is 0 Å². The Morgan fingerprint density at radius 2 is 1.76 bits per heavy atom. The van der Waals surface area contributed by atoms with E-state index in [1.54, 1.807) is 6.20 Å². The number of nitrogens with one attached hydrogen (secondary N) is 1. The first-order chi connectivity index (χ1) is 12.3. The molecule has 25 heavy (non-hydrogen) atoms. The largest absolute Gasteiger partial charge is 0.277 e. The summed E-state index contributed by atoms with van der Waals surface area (Å²) in [4.78, 5) is 4.28. The average Bonchev–Trinajstić information content (AvgIpc) is 3.05. The van der Waals surface area contributed by atoms with Crippen LogP contribution in [0, 0.1) is 5.82 Å². The summed E-state index contributed by atoms with van der Waals surface area (Å²) >= 11 is 0. The van der Waals surface area contributed by atoms with Crippen LogP contribution in [-0.4, -0.2) is 15.2 Å². The molecular weight excluding hydrogens is 313 g/mol. The number of aromatic amines is 1. The Bertz CT molecular complexity index is 1020. The Kier molecular flexibility index (Phi) is 4.09. The monoisotopic (exact) mass is 329 g/mol. The zero-order valence-corrected chi connectivity index (χ0v) is 13.5. The second-order valence-corrected chi connectivity index (χ2v) is 5.88. The lowest BCUT2D eigenvalue weighted by Crippen LogP contribution is -1.88. The highest BCUT2D eigenvalue weighted by atomic mass is 19.1. The minimum atomic E-state index is -0.212. The van der Waals surface area contributed by atoms with Crippen LogP contribution in [0.4, 0.5) is 4.39 Å². The molecule has 4 heteroatoms. The van der Waals surface area contributed by atoms with Gasteiger partial charge in [-0.25, -0.2) is 4.39 Å². The van der Waals surface area contributed by atoms with Gasteiger partial charge in [-0.3, -0.25) is 10.1 Å². The van der Waals surface area contributed by atoms with Crippen LogP contribution in [0.3, 0.4) is 0 Å². The lowest BCUT2D eigenvalue weighted by atomic mass is 10.0. The molecule has 2 aromatic carbocycles. The van der Waals surface area contributed by atoms with Crippen LogP contribution in [0.2, 0.25) is 0 Å². The third-order valence-electron chi connectivity index (χ3n) is 4.08. The fourth-order valence-electron chi connectivity index (χ4n) is 2.80. The van der Waals surface area contributed by atoms with Gasteiger partial charge in [0.1, 0.15) is 5.82 Å². The summed E-state index contributed by atoms with van der Waals surface area (Å²) in [5, 5.41) is 8.49.